The fourth-order valence-electron chi connectivity index (χ4n) is 2.34. The molecule has 0 aliphatic carbocycles. The van der Waals surface area contributed by atoms with Gasteiger partial charge in [-0.2, -0.15) is 0 Å². The van der Waals surface area contributed by atoms with Crippen LogP contribution in [0.2, 0.25) is 0 Å². The fraction of sp³-hybridized carbons (Fsp3) is 0.308. The number of nitrogens with zero attached hydrogens (tertiary/aromatic N) is 4. The lowest BCUT2D eigenvalue weighted by atomic mass is 10.1. The van der Waals surface area contributed by atoms with E-state index in [2.05, 4.69) is 51.7 Å². The molecule has 0 unspecified atom stereocenters. The molecule has 7 heteroatoms. The van der Waals surface area contributed by atoms with Gasteiger partial charge in [0.25, 0.3) is 0 Å². The van der Waals surface area contributed by atoms with Crippen LogP contribution in [-0.2, 0) is 19.5 Å². The van der Waals surface area contributed by atoms with Gasteiger partial charge in [-0.05, 0) is 37.4 Å². The highest BCUT2D eigenvalue weighted by Crippen LogP contribution is 2.27. The normalized spacial score (nSPS) is 15.1. The third kappa shape index (κ3) is 2.84. The average Bonchev–Trinajstić information content (AvgIpc) is 2.43. The molecule has 3 rings (SSSR count). The van der Waals surface area contributed by atoms with Crippen LogP contribution in [0.5, 0.6) is 0 Å². The Kier molecular flexibility index (Phi) is 4.00. The Labute approximate surface area is 133 Å². The van der Waals surface area contributed by atoms with E-state index in [1.807, 2.05) is 18.6 Å². The first-order chi connectivity index (χ1) is 9.63. The average molecular weight is 399 g/mol. The molecular weight excluding hydrogens is 386 g/mol. The molecule has 2 aromatic heterocycles. The van der Waals surface area contributed by atoms with Crippen molar-refractivity contribution in [2.75, 3.05) is 12.3 Å². The number of pyridine rings is 1. The molecule has 1 aliphatic heterocycles. The Hall–Kier alpha value is -1.05. The first kappa shape index (κ1) is 13.9. The second-order valence-electron chi connectivity index (χ2n) is 4.74. The molecule has 0 bridgehead atoms. The van der Waals surface area contributed by atoms with Gasteiger partial charge in [0.2, 0.25) is 5.95 Å². The Morgan fingerprint density at radius 3 is 2.70 bits per heavy atom. The third-order valence-corrected chi connectivity index (χ3v) is 4.73. The highest BCUT2D eigenvalue weighted by atomic mass is 79.9. The van der Waals surface area contributed by atoms with Crippen molar-refractivity contribution in [3.8, 4) is 0 Å². The van der Waals surface area contributed by atoms with E-state index in [1.54, 1.807) is 0 Å². The van der Waals surface area contributed by atoms with Crippen LogP contribution < -0.4 is 5.73 Å². The van der Waals surface area contributed by atoms with E-state index in [4.69, 9.17) is 5.73 Å². The van der Waals surface area contributed by atoms with Crippen molar-refractivity contribution in [2.45, 2.75) is 19.5 Å². The summed E-state index contributed by atoms with van der Waals surface area (Å²) in [6.07, 6.45) is 6.38. The quantitative estimate of drug-likeness (QED) is 0.841. The first-order valence-corrected chi connectivity index (χ1v) is 7.82. The van der Waals surface area contributed by atoms with Crippen molar-refractivity contribution in [1.82, 2.24) is 19.9 Å². The summed E-state index contributed by atoms with van der Waals surface area (Å²) < 4.78 is 2.04. The van der Waals surface area contributed by atoms with Crippen molar-refractivity contribution in [1.29, 1.82) is 0 Å². The molecule has 3 heterocycles. The van der Waals surface area contributed by atoms with Gasteiger partial charge in [-0.3, -0.25) is 9.88 Å². The van der Waals surface area contributed by atoms with E-state index in [1.165, 1.54) is 5.56 Å². The number of hydrogen-bond donors (Lipinski definition) is 1. The van der Waals surface area contributed by atoms with E-state index in [0.717, 1.165) is 46.3 Å². The molecule has 2 N–H and O–H groups in total. The maximum atomic E-state index is 5.62. The molecule has 0 saturated heterocycles. The second-order valence-corrected chi connectivity index (χ2v) is 6.45. The number of nitrogens with two attached hydrogens (primary N) is 1. The summed E-state index contributed by atoms with van der Waals surface area (Å²) in [7, 11) is 0. The summed E-state index contributed by atoms with van der Waals surface area (Å²) >= 11 is 7.11. The van der Waals surface area contributed by atoms with E-state index >= 15 is 0 Å². The van der Waals surface area contributed by atoms with E-state index in [-0.39, 0.29) is 0 Å². The summed E-state index contributed by atoms with van der Waals surface area (Å²) in [6, 6.07) is 0. The van der Waals surface area contributed by atoms with Crippen LogP contribution in [0.15, 0.2) is 27.5 Å². The standard InChI is InChI=1S/C13H13Br2N5/c14-10-4-17-5-11(15)9(10)7-20-2-1-12-8(6-20)3-18-13(16)19-12/h3-5H,1-2,6-7H2,(H2,16,18,19). The molecule has 20 heavy (non-hydrogen) atoms. The van der Waals surface area contributed by atoms with Gasteiger partial charge in [-0.15, -0.1) is 0 Å². The SMILES string of the molecule is Nc1ncc2c(n1)CCN(Cc1c(Br)cncc1Br)C2. The van der Waals surface area contributed by atoms with Crippen LogP contribution >= 0.6 is 31.9 Å². The van der Waals surface area contributed by atoms with Crippen molar-refractivity contribution < 1.29 is 0 Å². The zero-order valence-electron chi connectivity index (χ0n) is 10.7. The smallest absolute Gasteiger partial charge is 0.220 e. The predicted molar refractivity (Wildman–Crippen MR) is 83.9 cm³/mol. The van der Waals surface area contributed by atoms with Gasteiger partial charge in [-0.25, -0.2) is 9.97 Å². The molecule has 0 saturated carbocycles. The number of hydrogen-bond acceptors (Lipinski definition) is 5. The summed E-state index contributed by atoms with van der Waals surface area (Å²) in [5, 5.41) is 0. The fourth-order valence-corrected chi connectivity index (χ4v) is 3.52. The number of nitrogen functional groups attached to an aromatic ring is 1. The van der Waals surface area contributed by atoms with Crippen molar-refractivity contribution in [2.24, 2.45) is 0 Å². The highest BCUT2D eigenvalue weighted by molar-refractivity contribution is 9.11. The molecule has 0 spiro atoms. The van der Waals surface area contributed by atoms with Gasteiger partial charge >= 0.3 is 0 Å². The van der Waals surface area contributed by atoms with Crippen LogP contribution in [0.25, 0.3) is 0 Å². The van der Waals surface area contributed by atoms with Crippen LogP contribution in [0, 0.1) is 0 Å². The number of aromatic nitrogens is 3. The molecule has 104 valence electrons. The van der Waals surface area contributed by atoms with Gasteiger partial charge < -0.3 is 5.73 Å². The molecule has 0 atom stereocenters. The van der Waals surface area contributed by atoms with E-state index < -0.39 is 0 Å². The lowest BCUT2D eigenvalue weighted by Gasteiger charge is -2.28. The van der Waals surface area contributed by atoms with Crippen LogP contribution in [0.1, 0.15) is 16.8 Å². The Morgan fingerprint density at radius 1 is 1.20 bits per heavy atom. The maximum absolute atomic E-state index is 5.62. The molecule has 0 amide bonds. The highest BCUT2D eigenvalue weighted by Gasteiger charge is 2.19. The minimum absolute atomic E-state index is 0.358. The van der Waals surface area contributed by atoms with Gasteiger partial charge in [-0.1, -0.05) is 0 Å². The minimum atomic E-state index is 0.358. The number of rotatable bonds is 2. The summed E-state index contributed by atoms with van der Waals surface area (Å²) in [6.45, 7) is 2.66. The lowest BCUT2D eigenvalue weighted by Crippen LogP contribution is -2.31. The van der Waals surface area contributed by atoms with Crippen molar-refractivity contribution in [3.63, 3.8) is 0 Å². The first-order valence-electron chi connectivity index (χ1n) is 6.24. The van der Waals surface area contributed by atoms with Crippen molar-refractivity contribution in [3.05, 3.63) is 44.4 Å². The summed E-state index contributed by atoms with van der Waals surface area (Å²) in [5.41, 5.74) is 9.06. The van der Waals surface area contributed by atoms with Crippen LogP contribution in [-0.4, -0.2) is 26.4 Å². The van der Waals surface area contributed by atoms with Crippen LogP contribution in [0.4, 0.5) is 5.95 Å². The zero-order valence-corrected chi connectivity index (χ0v) is 13.9. The Morgan fingerprint density at radius 2 is 1.95 bits per heavy atom. The molecule has 2 aromatic rings. The topological polar surface area (TPSA) is 67.9 Å². The van der Waals surface area contributed by atoms with E-state index in [0.29, 0.717) is 5.95 Å². The number of anilines is 1. The van der Waals surface area contributed by atoms with E-state index in [9.17, 15) is 0 Å². The Balaban J connectivity index is 1.79. The van der Waals surface area contributed by atoms with Crippen molar-refractivity contribution >= 4 is 37.8 Å². The monoisotopic (exact) mass is 397 g/mol. The molecule has 5 nitrogen and oxygen atoms in total. The number of fused-ring (bicyclic) bond motifs is 1. The summed E-state index contributed by atoms with van der Waals surface area (Å²) in [5.74, 6) is 0.358. The van der Waals surface area contributed by atoms with Gasteiger partial charge in [0, 0.05) is 59.2 Å². The molecule has 0 fully saturated rings. The molecule has 0 radical (unpaired) electrons. The van der Waals surface area contributed by atoms with Crippen LogP contribution in [0.3, 0.4) is 0 Å². The van der Waals surface area contributed by atoms with Gasteiger partial charge in [0.15, 0.2) is 0 Å². The second kappa shape index (κ2) is 5.75. The number of halogens is 2. The largest absolute Gasteiger partial charge is 0.368 e. The Bertz CT molecular complexity index is 626. The third-order valence-electron chi connectivity index (χ3n) is 3.37. The maximum Gasteiger partial charge on any atom is 0.220 e. The minimum Gasteiger partial charge on any atom is -0.368 e. The summed E-state index contributed by atoms with van der Waals surface area (Å²) in [4.78, 5) is 14.9. The molecule has 0 aromatic carbocycles. The molecule has 1 aliphatic rings. The van der Waals surface area contributed by atoms with Gasteiger partial charge in [0.05, 0.1) is 5.69 Å². The van der Waals surface area contributed by atoms with Gasteiger partial charge in [0.1, 0.15) is 0 Å². The predicted octanol–water partition coefficient (Wildman–Crippen LogP) is 2.54. The molecular formula is C13H13Br2N5. The lowest BCUT2D eigenvalue weighted by molar-refractivity contribution is 0.242. The zero-order chi connectivity index (χ0) is 14.1.